The van der Waals surface area contributed by atoms with Crippen molar-refractivity contribution >= 4 is 11.7 Å². The van der Waals surface area contributed by atoms with Crippen LogP contribution >= 0.6 is 0 Å². The van der Waals surface area contributed by atoms with Gasteiger partial charge < -0.3 is 15.0 Å². The third kappa shape index (κ3) is 4.12. The maximum absolute atomic E-state index is 12.7. The van der Waals surface area contributed by atoms with E-state index in [-0.39, 0.29) is 17.8 Å². The highest BCUT2D eigenvalue weighted by molar-refractivity contribution is 5.92. The van der Waals surface area contributed by atoms with Crippen molar-refractivity contribution in [1.82, 2.24) is 25.1 Å². The molecule has 150 valence electrons. The molecule has 0 bridgehead atoms. The lowest BCUT2D eigenvalue weighted by Gasteiger charge is -2.27. The summed E-state index contributed by atoms with van der Waals surface area (Å²) in [5.74, 6) is 1.45. The average molecular weight is 392 g/mol. The summed E-state index contributed by atoms with van der Waals surface area (Å²) in [4.78, 5) is 19.5. The second-order valence-electron chi connectivity index (χ2n) is 7.15. The number of anilines is 1. The molecule has 4 rings (SSSR count). The van der Waals surface area contributed by atoms with Crippen LogP contribution in [0.4, 0.5) is 5.82 Å². The highest BCUT2D eigenvalue weighted by Gasteiger charge is 2.22. The standard InChI is InChI=1S/C21H24N6O2/c1-15(2)23-21(28)20-25-24-19(16-6-4-3-5-7-16)27(20)17-8-9-18(22-14-17)26-10-12-29-13-11-26/h3-9,14-15H,10-13H2,1-2H3,(H,23,28). The number of amides is 1. The van der Waals surface area contributed by atoms with Crippen molar-refractivity contribution in [2.45, 2.75) is 19.9 Å². The summed E-state index contributed by atoms with van der Waals surface area (Å²) in [7, 11) is 0. The van der Waals surface area contributed by atoms with Crippen LogP contribution in [0.15, 0.2) is 48.7 Å². The molecule has 8 nitrogen and oxygen atoms in total. The minimum atomic E-state index is -0.271. The molecule has 0 aliphatic carbocycles. The zero-order valence-corrected chi connectivity index (χ0v) is 16.6. The summed E-state index contributed by atoms with van der Waals surface area (Å²) < 4.78 is 7.16. The zero-order chi connectivity index (χ0) is 20.2. The van der Waals surface area contributed by atoms with Gasteiger partial charge in [0, 0.05) is 24.7 Å². The summed E-state index contributed by atoms with van der Waals surface area (Å²) in [6.45, 7) is 6.86. The van der Waals surface area contributed by atoms with E-state index in [1.54, 1.807) is 10.8 Å². The Kier molecular flexibility index (Phi) is 5.53. The second kappa shape index (κ2) is 8.40. The minimum Gasteiger partial charge on any atom is -0.378 e. The quantitative estimate of drug-likeness (QED) is 0.717. The van der Waals surface area contributed by atoms with Gasteiger partial charge in [0.15, 0.2) is 5.82 Å². The van der Waals surface area contributed by atoms with Gasteiger partial charge in [-0.3, -0.25) is 9.36 Å². The van der Waals surface area contributed by atoms with Crippen LogP contribution in [0.5, 0.6) is 0 Å². The second-order valence-corrected chi connectivity index (χ2v) is 7.15. The number of benzene rings is 1. The molecule has 1 saturated heterocycles. The van der Waals surface area contributed by atoms with Gasteiger partial charge in [0.25, 0.3) is 5.91 Å². The minimum absolute atomic E-state index is 0.00496. The van der Waals surface area contributed by atoms with E-state index in [2.05, 4.69) is 25.4 Å². The van der Waals surface area contributed by atoms with Crippen molar-refractivity contribution in [3.05, 3.63) is 54.5 Å². The van der Waals surface area contributed by atoms with E-state index in [1.807, 2.05) is 56.3 Å². The Labute approximate surface area is 169 Å². The molecule has 1 aromatic carbocycles. The Morgan fingerprint density at radius 1 is 1.07 bits per heavy atom. The molecule has 1 N–H and O–H groups in total. The Morgan fingerprint density at radius 2 is 1.83 bits per heavy atom. The third-order valence-electron chi connectivity index (χ3n) is 4.64. The molecule has 3 heterocycles. The van der Waals surface area contributed by atoms with Gasteiger partial charge in [0.1, 0.15) is 5.82 Å². The van der Waals surface area contributed by atoms with Gasteiger partial charge in [-0.15, -0.1) is 10.2 Å². The molecule has 0 unspecified atom stereocenters. The Balaban J connectivity index is 1.74. The van der Waals surface area contributed by atoms with E-state index in [4.69, 9.17) is 4.74 Å². The van der Waals surface area contributed by atoms with Gasteiger partial charge in [-0.1, -0.05) is 30.3 Å². The number of ether oxygens (including phenoxy) is 1. The maximum Gasteiger partial charge on any atom is 0.289 e. The number of nitrogens with one attached hydrogen (secondary N) is 1. The van der Waals surface area contributed by atoms with Crippen LogP contribution in [0.2, 0.25) is 0 Å². The number of rotatable bonds is 5. The molecular formula is C21H24N6O2. The molecule has 3 aromatic rings. The molecule has 0 radical (unpaired) electrons. The normalized spacial score (nSPS) is 14.2. The smallest absolute Gasteiger partial charge is 0.289 e. The number of hydrogen-bond acceptors (Lipinski definition) is 6. The summed E-state index contributed by atoms with van der Waals surface area (Å²) in [6.07, 6.45) is 1.76. The topological polar surface area (TPSA) is 85.2 Å². The van der Waals surface area contributed by atoms with Gasteiger partial charge in [-0.05, 0) is 26.0 Å². The number of morpholine rings is 1. The summed E-state index contributed by atoms with van der Waals surface area (Å²) in [5, 5.41) is 11.4. The van der Waals surface area contributed by atoms with Gasteiger partial charge >= 0.3 is 0 Å². The Morgan fingerprint density at radius 3 is 2.48 bits per heavy atom. The fraction of sp³-hybridized carbons (Fsp3) is 0.333. The monoisotopic (exact) mass is 392 g/mol. The lowest BCUT2D eigenvalue weighted by Crippen LogP contribution is -2.36. The first kappa shape index (κ1) is 19.1. The lowest BCUT2D eigenvalue weighted by atomic mass is 10.2. The first-order valence-electron chi connectivity index (χ1n) is 9.74. The van der Waals surface area contributed by atoms with Crippen LogP contribution in [0, 0.1) is 0 Å². The van der Waals surface area contributed by atoms with Crippen molar-refractivity contribution < 1.29 is 9.53 Å². The zero-order valence-electron chi connectivity index (χ0n) is 16.6. The van der Waals surface area contributed by atoms with Crippen LogP contribution in [0.1, 0.15) is 24.5 Å². The predicted octanol–water partition coefficient (Wildman–Crippen LogP) is 2.30. The van der Waals surface area contributed by atoms with E-state index < -0.39 is 0 Å². The number of pyridine rings is 1. The van der Waals surface area contributed by atoms with E-state index >= 15 is 0 Å². The molecule has 0 spiro atoms. The Bertz CT molecular complexity index is 963. The van der Waals surface area contributed by atoms with Crippen LogP contribution in [-0.2, 0) is 4.74 Å². The number of aromatic nitrogens is 4. The molecule has 0 atom stereocenters. The fourth-order valence-corrected chi connectivity index (χ4v) is 3.27. The maximum atomic E-state index is 12.7. The number of hydrogen-bond donors (Lipinski definition) is 1. The van der Waals surface area contributed by atoms with Crippen LogP contribution in [0.3, 0.4) is 0 Å². The van der Waals surface area contributed by atoms with E-state index in [0.29, 0.717) is 19.0 Å². The molecule has 1 aliphatic rings. The van der Waals surface area contributed by atoms with E-state index in [9.17, 15) is 4.79 Å². The van der Waals surface area contributed by atoms with Gasteiger partial charge in [-0.2, -0.15) is 0 Å². The highest BCUT2D eigenvalue weighted by atomic mass is 16.5. The number of carbonyl (C=O) groups is 1. The van der Waals surface area contributed by atoms with E-state index in [0.717, 1.165) is 30.2 Å². The van der Waals surface area contributed by atoms with Crippen molar-refractivity contribution in [1.29, 1.82) is 0 Å². The summed E-state index contributed by atoms with van der Waals surface area (Å²) in [6, 6.07) is 13.6. The first-order chi connectivity index (χ1) is 14.1. The third-order valence-corrected chi connectivity index (χ3v) is 4.64. The summed E-state index contributed by atoms with van der Waals surface area (Å²) in [5.41, 5.74) is 1.61. The Hall–Kier alpha value is -3.26. The molecule has 1 aliphatic heterocycles. The van der Waals surface area contributed by atoms with Crippen molar-refractivity contribution in [2.75, 3.05) is 31.2 Å². The van der Waals surface area contributed by atoms with E-state index in [1.165, 1.54) is 0 Å². The molecule has 0 saturated carbocycles. The fourth-order valence-electron chi connectivity index (χ4n) is 3.27. The molecule has 1 amide bonds. The van der Waals surface area contributed by atoms with Crippen molar-refractivity contribution in [3.63, 3.8) is 0 Å². The number of nitrogens with zero attached hydrogens (tertiary/aromatic N) is 5. The molecule has 2 aromatic heterocycles. The molecular weight excluding hydrogens is 368 g/mol. The predicted molar refractivity (Wildman–Crippen MR) is 110 cm³/mol. The lowest BCUT2D eigenvalue weighted by molar-refractivity contribution is 0.0930. The first-order valence-corrected chi connectivity index (χ1v) is 9.74. The average Bonchev–Trinajstić information content (AvgIpc) is 3.20. The largest absolute Gasteiger partial charge is 0.378 e. The van der Waals surface area contributed by atoms with Crippen molar-refractivity contribution in [3.8, 4) is 17.1 Å². The van der Waals surface area contributed by atoms with Crippen molar-refractivity contribution in [2.24, 2.45) is 0 Å². The van der Waals surface area contributed by atoms with Gasteiger partial charge in [-0.25, -0.2) is 4.98 Å². The highest BCUT2D eigenvalue weighted by Crippen LogP contribution is 2.24. The molecule has 8 heteroatoms. The van der Waals surface area contributed by atoms with Crippen LogP contribution < -0.4 is 10.2 Å². The molecule has 29 heavy (non-hydrogen) atoms. The molecule has 1 fully saturated rings. The summed E-state index contributed by atoms with van der Waals surface area (Å²) >= 11 is 0. The van der Waals surface area contributed by atoms with Gasteiger partial charge in [0.2, 0.25) is 5.82 Å². The van der Waals surface area contributed by atoms with Crippen LogP contribution in [-0.4, -0.2) is 58.0 Å². The van der Waals surface area contributed by atoms with Gasteiger partial charge in [0.05, 0.1) is 25.1 Å². The van der Waals surface area contributed by atoms with Crippen LogP contribution in [0.25, 0.3) is 17.1 Å². The number of carbonyl (C=O) groups excluding carboxylic acids is 1. The SMILES string of the molecule is CC(C)NC(=O)c1nnc(-c2ccccc2)n1-c1ccc(N2CCOCC2)nc1.